The van der Waals surface area contributed by atoms with Gasteiger partial charge in [0.2, 0.25) is 0 Å². The maximum Gasteiger partial charge on any atom is 0.150 e. The number of nitrogens with zero attached hydrogens (tertiary/aromatic N) is 2. The fraction of sp³-hybridized carbons (Fsp3) is 0.469. The lowest BCUT2D eigenvalue weighted by atomic mass is 9.91. The van der Waals surface area contributed by atoms with Gasteiger partial charge in [0.15, 0.2) is 0 Å². The van der Waals surface area contributed by atoms with Gasteiger partial charge in [0.1, 0.15) is 12.1 Å². The Morgan fingerprint density at radius 3 is 2.53 bits per heavy atom. The lowest BCUT2D eigenvalue weighted by Crippen LogP contribution is -2.38. The third-order valence-corrected chi connectivity index (χ3v) is 7.61. The predicted molar refractivity (Wildman–Crippen MR) is 157 cm³/mol. The molecule has 1 heterocycles. The first-order valence-corrected chi connectivity index (χ1v) is 13.7. The Balaban J connectivity index is 1.77. The van der Waals surface area contributed by atoms with Crippen molar-refractivity contribution in [3.8, 4) is 0 Å². The van der Waals surface area contributed by atoms with Crippen LogP contribution in [0.5, 0.6) is 0 Å². The molecule has 1 saturated heterocycles. The van der Waals surface area contributed by atoms with Crippen molar-refractivity contribution in [3.05, 3.63) is 89.4 Å². The molecule has 0 aliphatic carbocycles. The molecule has 0 bridgehead atoms. The number of rotatable bonds is 14. The Morgan fingerprint density at radius 2 is 1.87 bits per heavy atom. The number of likely N-dealkylation sites (N-methyl/N-ethyl adjacent to an activating group) is 2. The van der Waals surface area contributed by atoms with Crippen LogP contribution in [0, 0.1) is 17.7 Å². The standard InChI is InChI=1S/C32H45FN4O/c1-7-8-15-31(25(4)34-5)36(6)21-29-28(22-38)13-10-14-30(29)35-17-26-11-9-12-27(32(26)33)20-37-18-23(2)16-24(3)19-37/h7,9-14,22-24,31,34-35H,1,4,8,15-21H2,2-3,5-6H3. The van der Waals surface area contributed by atoms with Crippen LogP contribution in [0.4, 0.5) is 10.1 Å². The second-order valence-corrected chi connectivity index (χ2v) is 10.9. The summed E-state index contributed by atoms with van der Waals surface area (Å²) >= 11 is 0. The van der Waals surface area contributed by atoms with Crippen LogP contribution in [0.3, 0.4) is 0 Å². The molecule has 38 heavy (non-hydrogen) atoms. The number of allylic oxidation sites excluding steroid dienone is 1. The van der Waals surface area contributed by atoms with Crippen LogP contribution in [-0.4, -0.2) is 49.3 Å². The van der Waals surface area contributed by atoms with E-state index in [1.807, 2.05) is 56.6 Å². The van der Waals surface area contributed by atoms with Gasteiger partial charge in [-0.05, 0) is 49.8 Å². The minimum atomic E-state index is -0.147. The van der Waals surface area contributed by atoms with Crippen molar-refractivity contribution in [3.63, 3.8) is 0 Å². The average Bonchev–Trinajstić information content (AvgIpc) is 2.89. The lowest BCUT2D eigenvalue weighted by molar-refractivity contribution is 0.112. The van der Waals surface area contributed by atoms with Gasteiger partial charge in [0.25, 0.3) is 0 Å². The van der Waals surface area contributed by atoms with Gasteiger partial charge < -0.3 is 10.6 Å². The van der Waals surface area contributed by atoms with Crippen molar-refractivity contribution in [2.75, 3.05) is 32.5 Å². The van der Waals surface area contributed by atoms with Gasteiger partial charge in [-0.15, -0.1) is 6.58 Å². The number of benzene rings is 2. The van der Waals surface area contributed by atoms with E-state index in [9.17, 15) is 4.79 Å². The molecular formula is C32H45FN4O. The van der Waals surface area contributed by atoms with E-state index >= 15 is 4.39 Å². The van der Waals surface area contributed by atoms with Crippen molar-refractivity contribution in [1.29, 1.82) is 0 Å². The molecule has 0 spiro atoms. The highest BCUT2D eigenvalue weighted by molar-refractivity contribution is 5.80. The van der Waals surface area contributed by atoms with Crippen molar-refractivity contribution >= 4 is 12.0 Å². The van der Waals surface area contributed by atoms with Gasteiger partial charge in [-0.1, -0.05) is 56.8 Å². The zero-order valence-corrected chi connectivity index (χ0v) is 23.6. The smallest absolute Gasteiger partial charge is 0.150 e. The monoisotopic (exact) mass is 520 g/mol. The van der Waals surface area contributed by atoms with Gasteiger partial charge in [-0.2, -0.15) is 0 Å². The molecule has 206 valence electrons. The van der Waals surface area contributed by atoms with Crippen LogP contribution in [0.2, 0.25) is 0 Å². The second-order valence-electron chi connectivity index (χ2n) is 10.9. The van der Waals surface area contributed by atoms with E-state index in [2.05, 4.69) is 47.4 Å². The highest BCUT2D eigenvalue weighted by atomic mass is 19.1. The second kappa shape index (κ2) is 14.3. The van der Waals surface area contributed by atoms with Crippen molar-refractivity contribution in [1.82, 2.24) is 15.1 Å². The third-order valence-electron chi connectivity index (χ3n) is 7.61. The number of anilines is 1. The molecule has 2 N–H and O–H groups in total. The third kappa shape index (κ3) is 7.78. The van der Waals surface area contributed by atoms with Crippen LogP contribution in [0.15, 0.2) is 61.3 Å². The molecule has 0 saturated carbocycles. The van der Waals surface area contributed by atoms with E-state index < -0.39 is 0 Å². The first-order valence-electron chi connectivity index (χ1n) is 13.7. The summed E-state index contributed by atoms with van der Waals surface area (Å²) < 4.78 is 15.6. The van der Waals surface area contributed by atoms with Crippen molar-refractivity contribution < 1.29 is 9.18 Å². The molecule has 6 heteroatoms. The van der Waals surface area contributed by atoms with Gasteiger partial charge >= 0.3 is 0 Å². The fourth-order valence-corrected chi connectivity index (χ4v) is 5.76. The number of halogens is 1. The molecule has 0 radical (unpaired) electrons. The van der Waals surface area contributed by atoms with Crippen LogP contribution in [0.1, 0.15) is 60.2 Å². The number of hydrogen-bond donors (Lipinski definition) is 2. The zero-order valence-electron chi connectivity index (χ0n) is 23.6. The van der Waals surface area contributed by atoms with Crippen LogP contribution < -0.4 is 10.6 Å². The molecule has 3 atom stereocenters. The Bertz CT molecular complexity index is 1090. The molecule has 3 unspecified atom stereocenters. The number of piperidine rings is 1. The van der Waals surface area contributed by atoms with E-state index in [0.29, 0.717) is 42.6 Å². The number of likely N-dealkylation sites (tertiary alicyclic amines) is 1. The molecule has 3 rings (SSSR count). The minimum absolute atomic E-state index is 0.0832. The minimum Gasteiger partial charge on any atom is -0.391 e. The Hall–Kier alpha value is -2.96. The summed E-state index contributed by atoms with van der Waals surface area (Å²) in [6.07, 6.45) is 5.77. The van der Waals surface area contributed by atoms with Gasteiger partial charge in [-0.3, -0.25) is 14.6 Å². The molecule has 0 amide bonds. The van der Waals surface area contributed by atoms with Crippen molar-refractivity contribution in [2.24, 2.45) is 11.8 Å². The summed E-state index contributed by atoms with van der Waals surface area (Å²) in [5.41, 5.74) is 4.64. The SMILES string of the molecule is C=CCCC(C(=C)NC)N(C)Cc1c(C=O)cccc1NCc1cccc(CN2CC(C)CC(C)C2)c1F. The van der Waals surface area contributed by atoms with Crippen molar-refractivity contribution in [2.45, 2.75) is 58.8 Å². The largest absolute Gasteiger partial charge is 0.391 e. The molecule has 2 aromatic rings. The van der Waals surface area contributed by atoms with E-state index in [0.717, 1.165) is 54.7 Å². The maximum atomic E-state index is 15.6. The van der Waals surface area contributed by atoms with E-state index in [1.165, 1.54) is 6.42 Å². The Kier molecular flexibility index (Phi) is 11.1. The van der Waals surface area contributed by atoms with E-state index in [4.69, 9.17) is 0 Å². The molecular weight excluding hydrogens is 475 g/mol. The predicted octanol–water partition coefficient (Wildman–Crippen LogP) is 6.23. The summed E-state index contributed by atoms with van der Waals surface area (Å²) in [5, 5.41) is 6.60. The fourth-order valence-electron chi connectivity index (χ4n) is 5.76. The Labute approximate surface area is 228 Å². The average molecular weight is 521 g/mol. The summed E-state index contributed by atoms with van der Waals surface area (Å²) in [7, 11) is 3.91. The molecule has 0 aromatic heterocycles. The Morgan fingerprint density at radius 1 is 1.18 bits per heavy atom. The van der Waals surface area contributed by atoms with Crippen LogP contribution in [-0.2, 0) is 19.6 Å². The number of hydrogen-bond acceptors (Lipinski definition) is 5. The number of nitrogens with one attached hydrogen (secondary N) is 2. The molecule has 5 nitrogen and oxygen atoms in total. The quantitative estimate of drug-likeness (QED) is 0.229. The van der Waals surface area contributed by atoms with Crippen LogP contribution >= 0.6 is 0 Å². The van der Waals surface area contributed by atoms with Crippen LogP contribution in [0.25, 0.3) is 0 Å². The maximum absolute atomic E-state index is 15.6. The first kappa shape index (κ1) is 29.6. The first-order chi connectivity index (χ1) is 18.3. The number of carbonyl (C=O) groups is 1. The van der Waals surface area contributed by atoms with Gasteiger partial charge in [-0.25, -0.2) is 4.39 Å². The summed E-state index contributed by atoms with van der Waals surface area (Å²) in [5.74, 6) is 1.12. The van der Waals surface area contributed by atoms with E-state index in [-0.39, 0.29) is 11.9 Å². The van der Waals surface area contributed by atoms with Gasteiger partial charge in [0.05, 0.1) is 0 Å². The number of aldehydes is 1. The highest BCUT2D eigenvalue weighted by Gasteiger charge is 2.23. The summed E-state index contributed by atoms with van der Waals surface area (Å²) in [6.45, 7) is 16.1. The number of carbonyl (C=O) groups excluding carboxylic acids is 1. The molecule has 1 aliphatic heterocycles. The normalized spacial score (nSPS) is 18.7. The zero-order chi connectivity index (χ0) is 27.7. The molecule has 1 fully saturated rings. The van der Waals surface area contributed by atoms with E-state index in [1.54, 1.807) is 0 Å². The summed E-state index contributed by atoms with van der Waals surface area (Å²) in [6, 6.07) is 11.4. The van der Waals surface area contributed by atoms with Gasteiger partial charge in [0, 0.05) is 73.9 Å². The summed E-state index contributed by atoms with van der Waals surface area (Å²) in [4.78, 5) is 16.5. The lowest BCUT2D eigenvalue weighted by Gasteiger charge is -2.35. The topological polar surface area (TPSA) is 47.6 Å². The molecule has 2 aromatic carbocycles. The molecule has 1 aliphatic rings. The highest BCUT2D eigenvalue weighted by Crippen LogP contribution is 2.26.